The fourth-order valence-electron chi connectivity index (χ4n) is 3.07. The van der Waals surface area contributed by atoms with E-state index in [2.05, 4.69) is 27.7 Å². The van der Waals surface area contributed by atoms with Crippen molar-refractivity contribution in [2.24, 2.45) is 11.8 Å². The summed E-state index contributed by atoms with van der Waals surface area (Å²) in [6.45, 7) is 11.3. The summed E-state index contributed by atoms with van der Waals surface area (Å²) in [7, 11) is -2.77. The van der Waals surface area contributed by atoms with Gasteiger partial charge in [0.1, 0.15) is 6.29 Å². The van der Waals surface area contributed by atoms with Crippen LogP contribution in [0.4, 0.5) is 0 Å². The minimum absolute atomic E-state index is 0.158. The number of hydrogen-bond acceptors (Lipinski definition) is 3. The Morgan fingerprint density at radius 2 is 1.50 bits per heavy atom. The first-order valence-electron chi connectivity index (χ1n) is 10.1. The maximum absolute atomic E-state index is 13.5. The van der Waals surface area contributed by atoms with Gasteiger partial charge >= 0.3 is 0 Å². The smallest absolute Gasteiger partial charge is 0.206 e. The molecule has 0 N–H and O–H groups in total. The summed E-state index contributed by atoms with van der Waals surface area (Å²) in [6, 6.07) is 0. The highest BCUT2D eigenvalue weighted by Crippen LogP contribution is 2.55. The van der Waals surface area contributed by atoms with Crippen molar-refractivity contribution in [1.29, 1.82) is 0 Å². The largest absolute Gasteiger partial charge is 0.328 e. The summed E-state index contributed by atoms with van der Waals surface area (Å²) in [5.74, 6) is 0.929. The van der Waals surface area contributed by atoms with Crippen molar-refractivity contribution in [3.05, 3.63) is 0 Å². The van der Waals surface area contributed by atoms with Gasteiger partial charge in [0.25, 0.3) is 0 Å². The zero-order valence-corrected chi connectivity index (χ0v) is 17.7. The Morgan fingerprint density at radius 3 is 1.96 bits per heavy atom. The van der Waals surface area contributed by atoms with E-state index in [9.17, 15) is 9.36 Å². The molecule has 3 nitrogen and oxygen atoms in total. The summed E-state index contributed by atoms with van der Waals surface area (Å²) in [4.78, 5) is 10.9. The van der Waals surface area contributed by atoms with Crippen molar-refractivity contribution in [3.8, 4) is 0 Å². The molecule has 0 bridgehead atoms. The second-order valence-electron chi connectivity index (χ2n) is 7.29. The van der Waals surface area contributed by atoms with Crippen molar-refractivity contribution >= 4 is 13.7 Å². The lowest BCUT2D eigenvalue weighted by molar-refractivity contribution is -0.107. The third-order valence-electron chi connectivity index (χ3n) is 5.24. The third-order valence-corrected chi connectivity index (χ3v) is 8.40. The first kappa shape index (κ1) is 23.9. The molecule has 0 spiro atoms. The zero-order valence-electron chi connectivity index (χ0n) is 16.8. The zero-order chi connectivity index (χ0) is 18.4. The average Bonchev–Trinajstić information content (AvgIpc) is 2.59. The molecule has 0 heterocycles. The monoisotopic (exact) mass is 360 g/mol. The van der Waals surface area contributed by atoms with Gasteiger partial charge in [-0.25, -0.2) is 0 Å². The number of aldehydes is 1. The van der Waals surface area contributed by atoms with Crippen LogP contribution in [-0.2, 0) is 13.9 Å². The van der Waals surface area contributed by atoms with E-state index in [0.717, 1.165) is 32.0 Å². The van der Waals surface area contributed by atoms with Crippen LogP contribution in [0, 0.1) is 11.8 Å². The summed E-state index contributed by atoms with van der Waals surface area (Å²) in [6.07, 6.45) is 11.0. The van der Waals surface area contributed by atoms with Crippen LogP contribution in [-0.4, -0.2) is 24.7 Å². The first-order valence-corrected chi connectivity index (χ1v) is 12.0. The Hall–Kier alpha value is -0.140. The minimum Gasteiger partial charge on any atom is -0.328 e. The molecule has 4 unspecified atom stereocenters. The molecule has 0 aromatic heterocycles. The molecular formula is C20H41O3P. The third kappa shape index (κ3) is 9.37. The highest BCUT2D eigenvalue weighted by molar-refractivity contribution is 7.59. The summed E-state index contributed by atoms with van der Waals surface area (Å²) >= 11 is 0. The average molecular weight is 361 g/mol. The van der Waals surface area contributed by atoms with Gasteiger partial charge in [0.05, 0.1) is 6.61 Å². The van der Waals surface area contributed by atoms with Crippen molar-refractivity contribution < 1.29 is 13.9 Å². The van der Waals surface area contributed by atoms with Gasteiger partial charge in [-0.15, -0.1) is 0 Å². The van der Waals surface area contributed by atoms with E-state index in [1.165, 1.54) is 25.7 Å². The summed E-state index contributed by atoms with van der Waals surface area (Å²) in [5, 5.41) is 0. The quantitative estimate of drug-likeness (QED) is 0.227. The molecule has 4 heteroatoms. The Kier molecular flexibility index (Phi) is 14.0. The van der Waals surface area contributed by atoms with Crippen LogP contribution >= 0.6 is 7.37 Å². The van der Waals surface area contributed by atoms with Crippen molar-refractivity contribution in [2.45, 2.75) is 98.1 Å². The molecule has 0 aliphatic carbocycles. The van der Waals surface area contributed by atoms with E-state index in [1.807, 2.05) is 6.92 Å². The second kappa shape index (κ2) is 14.1. The molecule has 0 rings (SSSR count). The predicted molar refractivity (Wildman–Crippen MR) is 105 cm³/mol. The number of unbranched alkanes of at least 4 members (excludes halogenated alkanes) is 2. The van der Waals surface area contributed by atoms with Crippen LogP contribution in [0.1, 0.15) is 92.4 Å². The standard InChI is InChI=1S/C20H41O3P/c1-6-10-12-19(8-3)16-23-24(22,18(5)14-15-21)17-20(9-4)13-11-7-2/h15,18-20H,6-14,16-17H2,1-5H3. The highest BCUT2D eigenvalue weighted by Gasteiger charge is 2.33. The van der Waals surface area contributed by atoms with Gasteiger partial charge in [0.15, 0.2) is 0 Å². The Morgan fingerprint density at radius 1 is 0.958 bits per heavy atom. The van der Waals surface area contributed by atoms with Gasteiger partial charge in [-0.1, -0.05) is 73.1 Å². The number of carbonyl (C=O) groups excluding carboxylic acids is 1. The van der Waals surface area contributed by atoms with E-state index in [-0.39, 0.29) is 5.66 Å². The molecule has 0 aromatic rings. The fraction of sp³-hybridized carbons (Fsp3) is 0.950. The van der Waals surface area contributed by atoms with Gasteiger partial charge < -0.3 is 9.32 Å². The van der Waals surface area contributed by atoms with Crippen molar-refractivity contribution in [3.63, 3.8) is 0 Å². The Bertz CT molecular complexity index is 357. The van der Waals surface area contributed by atoms with Crippen LogP contribution in [0.3, 0.4) is 0 Å². The lowest BCUT2D eigenvalue weighted by atomic mass is 10.0. The second-order valence-corrected chi connectivity index (χ2v) is 10.2. The van der Waals surface area contributed by atoms with E-state index in [1.54, 1.807) is 0 Å². The molecule has 0 radical (unpaired) electrons. The molecule has 0 aliphatic rings. The molecule has 24 heavy (non-hydrogen) atoms. The predicted octanol–water partition coefficient (Wildman–Crippen LogP) is 6.69. The minimum atomic E-state index is -2.77. The summed E-state index contributed by atoms with van der Waals surface area (Å²) in [5.41, 5.74) is -0.158. The van der Waals surface area contributed by atoms with Gasteiger partial charge in [-0.3, -0.25) is 4.57 Å². The lowest BCUT2D eigenvalue weighted by Gasteiger charge is -2.29. The van der Waals surface area contributed by atoms with Crippen LogP contribution in [0.15, 0.2) is 0 Å². The van der Waals surface area contributed by atoms with E-state index in [0.29, 0.717) is 31.0 Å². The SMILES string of the molecule is CCCCC(CC)COP(=O)(CC(CC)CCCC)C(C)CC=O. The van der Waals surface area contributed by atoms with E-state index >= 15 is 0 Å². The van der Waals surface area contributed by atoms with E-state index in [4.69, 9.17) is 4.52 Å². The normalized spacial score (nSPS) is 17.9. The van der Waals surface area contributed by atoms with Crippen LogP contribution in [0.5, 0.6) is 0 Å². The van der Waals surface area contributed by atoms with Gasteiger partial charge in [-0.2, -0.15) is 0 Å². The molecule has 0 aliphatic heterocycles. The maximum Gasteiger partial charge on any atom is 0.206 e. The summed E-state index contributed by atoms with van der Waals surface area (Å²) < 4.78 is 19.7. The van der Waals surface area contributed by atoms with Crippen molar-refractivity contribution in [2.75, 3.05) is 12.8 Å². The highest BCUT2D eigenvalue weighted by atomic mass is 31.2. The topological polar surface area (TPSA) is 43.4 Å². The molecule has 4 atom stereocenters. The number of hydrogen-bond donors (Lipinski definition) is 0. The molecular weight excluding hydrogens is 319 g/mol. The number of carbonyl (C=O) groups is 1. The van der Waals surface area contributed by atoms with E-state index < -0.39 is 7.37 Å². The maximum atomic E-state index is 13.5. The first-order chi connectivity index (χ1) is 11.5. The molecule has 0 fully saturated rings. The van der Waals surface area contributed by atoms with Crippen LogP contribution in [0.25, 0.3) is 0 Å². The van der Waals surface area contributed by atoms with Crippen molar-refractivity contribution in [1.82, 2.24) is 0 Å². The molecule has 0 saturated carbocycles. The van der Waals surface area contributed by atoms with Gasteiger partial charge in [0.2, 0.25) is 7.37 Å². The Labute approximate surface area is 150 Å². The fourth-order valence-corrected chi connectivity index (χ4v) is 5.82. The molecule has 0 amide bonds. The van der Waals surface area contributed by atoms with Crippen LogP contribution < -0.4 is 0 Å². The Balaban J connectivity index is 4.91. The molecule has 0 saturated heterocycles. The van der Waals surface area contributed by atoms with Gasteiger partial charge in [-0.05, 0) is 24.7 Å². The molecule has 144 valence electrons. The lowest BCUT2D eigenvalue weighted by Crippen LogP contribution is -2.18. The van der Waals surface area contributed by atoms with Crippen LogP contribution in [0.2, 0.25) is 0 Å². The molecule has 0 aromatic carbocycles. The van der Waals surface area contributed by atoms with Gasteiger partial charge in [0, 0.05) is 18.2 Å². The number of rotatable bonds is 16.